The van der Waals surface area contributed by atoms with Crippen LogP contribution in [0.5, 0.6) is 5.75 Å². The van der Waals surface area contributed by atoms with Crippen LogP contribution in [0.2, 0.25) is 0 Å². The lowest BCUT2D eigenvalue weighted by Gasteiger charge is -2.26. The standard InChI is InChI=1S/C26H32BrNO4/c1-5-31-25(30)26(3,4)32-22-12-8-11-21(17(22)2)28-24(29)23(18-9-6-7-10-18)19-13-15-20(27)16-14-19/h8,11-16,18,23H,5-7,9-10H2,1-4H3,(H,28,29). The first kappa shape index (κ1) is 24.3. The number of rotatable bonds is 8. The lowest BCUT2D eigenvalue weighted by molar-refractivity contribution is -0.158. The molecule has 1 unspecified atom stereocenters. The highest BCUT2D eigenvalue weighted by atomic mass is 79.9. The van der Waals surface area contributed by atoms with Gasteiger partial charge in [0.25, 0.3) is 0 Å². The van der Waals surface area contributed by atoms with Crippen molar-refractivity contribution in [3.63, 3.8) is 0 Å². The number of amides is 1. The van der Waals surface area contributed by atoms with E-state index in [1.807, 2.05) is 43.3 Å². The number of nitrogens with one attached hydrogen (secondary N) is 1. The highest BCUT2D eigenvalue weighted by Crippen LogP contribution is 2.39. The Hall–Kier alpha value is -2.34. The number of benzene rings is 2. The second-order valence-electron chi connectivity index (χ2n) is 8.82. The molecule has 1 amide bonds. The van der Waals surface area contributed by atoms with Crippen LogP contribution in [-0.4, -0.2) is 24.1 Å². The zero-order valence-electron chi connectivity index (χ0n) is 19.2. The van der Waals surface area contributed by atoms with Gasteiger partial charge in [0, 0.05) is 15.7 Å². The quantitative estimate of drug-likeness (QED) is 0.425. The van der Waals surface area contributed by atoms with Gasteiger partial charge in [-0.25, -0.2) is 4.79 Å². The van der Waals surface area contributed by atoms with Crippen molar-refractivity contribution in [2.45, 2.75) is 64.9 Å². The average Bonchev–Trinajstić information content (AvgIpc) is 3.27. The van der Waals surface area contributed by atoms with E-state index in [0.29, 0.717) is 24.0 Å². The summed E-state index contributed by atoms with van der Waals surface area (Å²) in [6.07, 6.45) is 4.45. The minimum Gasteiger partial charge on any atom is -0.476 e. The van der Waals surface area contributed by atoms with Crippen LogP contribution < -0.4 is 10.1 Å². The van der Waals surface area contributed by atoms with Gasteiger partial charge in [-0.3, -0.25) is 4.79 Å². The monoisotopic (exact) mass is 501 g/mol. The van der Waals surface area contributed by atoms with Gasteiger partial charge in [0.2, 0.25) is 5.91 Å². The number of anilines is 1. The summed E-state index contributed by atoms with van der Waals surface area (Å²) in [7, 11) is 0. The van der Waals surface area contributed by atoms with Crippen molar-refractivity contribution in [3.8, 4) is 5.75 Å². The van der Waals surface area contributed by atoms with Crippen molar-refractivity contribution in [2.24, 2.45) is 5.92 Å². The molecular formula is C26H32BrNO4. The molecule has 0 aromatic heterocycles. The van der Waals surface area contributed by atoms with E-state index in [2.05, 4.69) is 21.2 Å². The van der Waals surface area contributed by atoms with Gasteiger partial charge in [-0.2, -0.15) is 0 Å². The third kappa shape index (κ3) is 5.71. The fourth-order valence-electron chi connectivity index (χ4n) is 4.29. The lowest BCUT2D eigenvalue weighted by atomic mass is 9.84. The second-order valence-corrected chi connectivity index (χ2v) is 9.74. The van der Waals surface area contributed by atoms with Gasteiger partial charge >= 0.3 is 5.97 Å². The SMILES string of the molecule is CCOC(=O)C(C)(C)Oc1cccc(NC(=O)C(c2ccc(Br)cc2)C2CCCC2)c1C. The maximum Gasteiger partial charge on any atom is 0.349 e. The van der Waals surface area contributed by atoms with Gasteiger partial charge in [0.1, 0.15) is 5.75 Å². The van der Waals surface area contributed by atoms with Crippen LogP contribution in [0.4, 0.5) is 5.69 Å². The number of carbonyl (C=O) groups is 2. The van der Waals surface area contributed by atoms with Gasteiger partial charge in [-0.05, 0) is 76.3 Å². The lowest BCUT2D eigenvalue weighted by Crippen LogP contribution is -2.40. The molecule has 0 radical (unpaired) electrons. The molecule has 32 heavy (non-hydrogen) atoms. The van der Waals surface area contributed by atoms with E-state index in [9.17, 15) is 9.59 Å². The highest BCUT2D eigenvalue weighted by Gasteiger charge is 2.34. The Balaban J connectivity index is 1.83. The van der Waals surface area contributed by atoms with Crippen LogP contribution in [0.15, 0.2) is 46.9 Å². The molecule has 2 aromatic rings. The van der Waals surface area contributed by atoms with Crippen LogP contribution in [0.25, 0.3) is 0 Å². The van der Waals surface area contributed by atoms with Crippen molar-refractivity contribution < 1.29 is 19.1 Å². The van der Waals surface area contributed by atoms with E-state index < -0.39 is 11.6 Å². The molecule has 1 fully saturated rings. The molecule has 0 spiro atoms. The number of esters is 1. The zero-order chi connectivity index (χ0) is 23.3. The Morgan fingerprint density at radius 1 is 1.12 bits per heavy atom. The molecule has 2 aromatic carbocycles. The predicted molar refractivity (Wildman–Crippen MR) is 130 cm³/mol. The third-order valence-corrected chi connectivity index (χ3v) is 6.59. The minimum absolute atomic E-state index is 0.0101. The molecule has 1 aliphatic carbocycles. The fraction of sp³-hybridized carbons (Fsp3) is 0.462. The minimum atomic E-state index is -1.13. The molecule has 1 aliphatic rings. The maximum absolute atomic E-state index is 13.5. The van der Waals surface area contributed by atoms with Crippen molar-refractivity contribution in [1.82, 2.24) is 0 Å². The fourth-order valence-corrected chi connectivity index (χ4v) is 4.56. The number of hydrogen-bond acceptors (Lipinski definition) is 4. The maximum atomic E-state index is 13.5. The van der Waals surface area contributed by atoms with E-state index in [1.165, 1.54) is 0 Å². The number of ether oxygens (including phenoxy) is 2. The van der Waals surface area contributed by atoms with E-state index in [0.717, 1.165) is 41.3 Å². The van der Waals surface area contributed by atoms with E-state index in [4.69, 9.17) is 9.47 Å². The first-order chi connectivity index (χ1) is 15.2. The molecule has 0 bridgehead atoms. The van der Waals surface area contributed by atoms with E-state index in [-0.39, 0.29) is 11.8 Å². The molecule has 5 nitrogen and oxygen atoms in total. The van der Waals surface area contributed by atoms with Crippen LogP contribution in [-0.2, 0) is 14.3 Å². The van der Waals surface area contributed by atoms with Crippen LogP contribution >= 0.6 is 15.9 Å². The summed E-state index contributed by atoms with van der Waals surface area (Å²) < 4.78 is 12.1. The summed E-state index contributed by atoms with van der Waals surface area (Å²) in [5.74, 6) is 0.237. The first-order valence-corrected chi connectivity index (χ1v) is 12.0. The number of hydrogen-bond donors (Lipinski definition) is 1. The summed E-state index contributed by atoms with van der Waals surface area (Å²) in [5.41, 5.74) is 1.37. The Bertz CT molecular complexity index is 949. The van der Waals surface area contributed by atoms with E-state index in [1.54, 1.807) is 26.8 Å². The summed E-state index contributed by atoms with van der Waals surface area (Å²) in [6, 6.07) is 13.5. The van der Waals surface area contributed by atoms with Crippen molar-refractivity contribution >= 4 is 33.5 Å². The van der Waals surface area contributed by atoms with Gasteiger partial charge in [-0.1, -0.05) is 47.0 Å². The number of halogens is 1. The van der Waals surface area contributed by atoms with Crippen molar-refractivity contribution in [2.75, 3.05) is 11.9 Å². The summed E-state index contributed by atoms with van der Waals surface area (Å²) in [6.45, 7) is 7.30. The van der Waals surface area contributed by atoms with Crippen molar-refractivity contribution in [1.29, 1.82) is 0 Å². The topological polar surface area (TPSA) is 64.6 Å². The van der Waals surface area contributed by atoms with Gasteiger partial charge in [0.15, 0.2) is 5.60 Å². The molecule has 0 aliphatic heterocycles. The van der Waals surface area contributed by atoms with Crippen molar-refractivity contribution in [3.05, 3.63) is 58.1 Å². The molecular weight excluding hydrogens is 470 g/mol. The van der Waals surface area contributed by atoms with Gasteiger partial charge < -0.3 is 14.8 Å². The largest absolute Gasteiger partial charge is 0.476 e. The Kier molecular flexibility index (Phi) is 7.99. The summed E-state index contributed by atoms with van der Waals surface area (Å²) in [4.78, 5) is 25.7. The smallest absolute Gasteiger partial charge is 0.349 e. The molecule has 1 atom stereocenters. The van der Waals surface area contributed by atoms with Crippen LogP contribution in [0.1, 0.15) is 63.5 Å². The Labute approximate surface area is 199 Å². The summed E-state index contributed by atoms with van der Waals surface area (Å²) >= 11 is 3.48. The van der Waals surface area contributed by atoms with Gasteiger partial charge in [0.05, 0.1) is 12.5 Å². The Morgan fingerprint density at radius 2 is 1.78 bits per heavy atom. The molecule has 3 rings (SSSR count). The molecule has 6 heteroatoms. The van der Waals surface area contributed by atoms with E-state index >= 15 is 0 Å². The second kappa shape index (κ2) is 10.5. The van der Waals surface area contributed by atoms with Crippen LogP contribution in [0, 0.1) is 12.8 Å². The first-order valence-electron chi connectivity index (χ1n) is 11.2. The molecule has 1 saturated carbocycles. The molecule has 1 N–H and O–H groups in total. The average molecular weight is 502 g/mol. The molecule has 172 valence electrons. The van der Waals surface area contributed by atoms with Gasteiger partial charge in [-0.15, -0.1) is 0 Å². The third-order valence-electron chi connectivity index (χ3n) is 6.06. The molecule has 0 heterocycles. The van der Waals surface area contributed by atoms with Crippen LogP contribution in [0.3, 0.4) is 0 Å². The predicted octanol–water partition coefficient (Wildman–Crippen LogP) is 6.39. The Morgan fingerprint density at radius 3 is 2.41 bits per heavy atom. The number of carbonyl (C=O) groups excluding carboxylic acids is 2. The highest BCUT2D eigenvalue weighted by molar-refractivity contribution is 9.10. The summed E-state index contributed by atoms with van der Waals surface area (Å²) in [5, 5.41) is 3.13. The normalized spacial score (nSPS) is 15.3. The molecule has 0 saturated heterocycles. The zero-order valence-corrected chi connectivity index (χ0v) is 20.8.